The fourth-order valence-electron chi connectivity index (χ4n) is 2.65. The summed E-state index contributed by atoms with van der Waals surface area (Å²) in [4.78, 5) is 4.55. The van der Waals surface area contributed by atoms with Crippen molar-refractivity contribution in [3.05, 3.63) is 29.6 Å². The van der Waals surface area contributed by atoms with Crippen molar-refractivity contribution in [3.8, 4) is 0 Å². The van der Waals surface area contributed by atoms with Crippen molar-refractivity contribution in [1.82, 2.24) is 15.4 Å². The Morgan fingerprint density at radius 2 is 2.24 bits per heavy atom. The Balaban J connectivity index is 1.71. The summed E-state index contributed by atoms with van der Waals surface area (Å²) < 4.78 is 5.36. The second kappa shape index (κ2) is 5.12. The fourth-order valence-corrected chi connectivity index (χ4v) is 2.65. The van der Waals surface area contributed by atoms with Crippen molar-refractivity contribution in [3.63, 3.8) is 0 Å². The minimum Gasteiger partial charge on any atom is -0.379 e. The fraction of sp³-hybridized carbons (Fsp3) is 0.615. The first kappa shape index (κ1) is 11.1. The molecule has 17 heavy (non-hydrogen) atoms. The second-order valence-corrected chi connectivity index (χ2v) is 4.72. The molecule has 4 heteroatoms. The van der Waals surface area contributed by atoms with Crippen LogP contribution in [0.5, 0.6) is 0 Å². The van der Waals surface area contributed by atoms with Crippen molar-refractivity contribution in [2.75, 3.05) is 26.3 Å². The van der Waals surface area contributed by atoms with Gasteiger partial charge >= 0.3 is 0 Å². The topological polar surface area (TPSA) is 37.4 Å². The van der Waals surface area contributed by atoms with Crippen LogP contribution in [0.4, 0.5) is 0 Å². The van der Waals surface area contributed by atoms with E-state index in [4.69, 9.17) is 4.74 Å². The van der Waals surface area contributed by atoms with E-state index in [9.17, 15) is 0 Å². The highest BCUT2D eigenvalue weighted by molar-refractivity contribution is 5.25. The Hall–Kier alpha value is -0.970. The number of hydrogen-bond donors (Lipinski definition) is 1. The molecule has 1 aromatic rings. The number of morpholine rings is 1. The third-order valence-electron chi connectivity index (χ3n) is 3.54. The van der Waals surface area contributed by atoms with Crippen molar-refractivity contribution >= 4 is 0 Å². The van der Waals surface area contributed by atoms with E-state index in [-0.39, 0.29) is 0 Å². The number of hydrazine groups is 1. The molecule has 0 spiro atoms. The normalized spacial score (nSPS) is 25.5. The zero-order valence-corrected chi connectivity index (χ0v) is 10.1. The molecule has 1 fully saturated rings. The number of pyridine rings is 1. The van der Waals surface area contributed by atoms with Gasteiger partial charge in [0.1, 0.15) is 0 Å². The van der Waals surface area contributed by atoms with E-state index in [0.29, 0.717) is 6.04 Å². The third kappa shape index (κ3) is 2.49. The Labute approximate surface area is 102 Å². The molecule has 0 aromatic carbocycles. The summed E-state index contributed by atoms with van der Waals surface area (Å²) in [5.41, 5.74) is 6.25. The van der Waals surface area contributed by atoms with Crippen molar-refractivity contribution in [1.29, 1.82) is 0 Å². The number of nitrogens with zero attached hydrogens (tertiary/aromatic N) is 2. The van der Waals surface area contributed by atoms with Crippen LogP contribution in [0.1, 0.15) is 30.1 Å². The van der Waals surface area contributed by atoms with Gasteiger partial charge < -0.3 is 4.74 Å². The van der Waals surface area contributed by atoms with Crippen LogP contribution in [0.25, 0.3) is 0 Å². The zero-order chi connectivity index (χ0) is 11.5. The van der Waals surface area contributed by atoms with E-state index in [1.807, 2.05) is 12.3 Å². The summed E-state index contributed by atoms with van der Waals surface area (Å²) in [5, 5.41) is 2.28. The largest absolute Gasteiger partial charge is 0.379 e. The number of aromatic nitrogens is 1. The molecule has 2 aliphatic rings. The maximum atomic E-state index is 5.36. The Bertz CT molecular complexity index is 377. The first-order chi connectivity index (χ1) is 8.43. The summed E-state index contributed by atoms with van der Waals surface area (Å²) in [6.45, 7) is 3.60. The van der Waals surface area contributed by atoms with Gasteiger partial charge in [0, 0.05) is 19.3 Å². The van der Waals surface area contributed by atoms with Crippen LogP contribution in [0.2, 0.25) is 0 Å². The summed E-state index contributed by atoms with van der Waals surface area (Å²) >= 11 is 0. The van der Waals surface area contributed by atoms with Gasteiger partial charge in [-0.25, -0.2) is 10.4 Å². The molecule has 0 amide bonds. The molecular weight excluding hydrogens is 214 g/mol. The molecule has 1 aliphatic carbocycles. The van der Waals surface area contributed by atoms with Crippen LogP contribution < -0.4 is 5.43 Å². The van der Waals surface area contributed by atoms with Crippen molar-refractivity contribution < 1.29 is 4.74 Å². The van der Waals surface area contributed by atoms with Gasteiger partial charge in [-0.15, -0.1) is 0 Å². The maximum absolute atomic E-state index is 5.36. The van der Waals surface area contributed by atoms with E-state index in [2.05, 4.69) is 21.5 Å². The van der Waals surface area contributed by atoms with Gasteiger partial charge in [0.15, 0.2) is 0 Å². The quantitative estimate of drug-likeness (QED) is 0.835. The molecule has 4 nitrogen and oxygen atoms in total. The van der Waals surface area contributed by atoms with Crippen LogP contribution in [-0.2, 0) is 11.2 Å². The second-order valence-electron chi connectivity index (χ2n) is 4.72. The SMILES string of the molecule is c1cnc2c(c1)CCCC2NN1CCOCC1. The smallest absolute Gasteiger partial charge is 0.0639 e. The first-order valence-electron chi connectivity index (χ1n) is 6.46. The number of rotatable bonds is 2. The summed E-state index contributed by atoms with van der Waals surface area (Å²) in [5.74, 6) is 0. The Morgan fingerprint density at radius 3 is 3.12 bits per heavy atom. The molecule has 0 bridgehead atoms. The molecule has 1 saturated heterocycles. The van der Waals surface area contributed by atoms with Gasteiger partial charge in [-0.05, 0) is 30.9 Å². The third-order valence-corrected chi connectivity index (χ3v) is 3.54. The monoisotopic (exact) mass is 233 g/mol. The lowest BCUT2D eigenvalue weighted by atomic mass is 9.92. The molecule has 1 atom stereocenters. The number of fused-ring (bicyclic) bond motifs is 1. The van der Waals surface area contributed by atoms with Gasteiger partial charge in [-0.1, -0.05) is 6.07 Å². The van der Waals surface area contributed by atoms with Crippen LogP contribution in [0.15, 0.2) is 18.3 Å². The van der Waals surface area contributed by atoms with Gasteiger partial charge in [0.05, 0.1) is 24.9 Å². The summed E-state index contributed by atoms with van der Waals surface area (Å²) in [6, 6.07) is 4.63. The number of aryl methyl sites for hydroxylation is 1. The van der Waals surface area contributed by atoms with Gasteiger partial charge in [-0.2, -0.15) is 0 Å². The van der Waals surface area contributed by atoms with E-state index in [1.165, 1.54) is 30.5 Å². The van der Waals surface area contributed by atoms with Crippen LogP contribution in [0.3, 0.4) is 0 Å². The first-order valence-corrected chi connectivity index (χ1v) is 6.46. The maximum Gasteiger partial charge on any atom is 0.0639 e. The molecule has 3 rings (SSSR count). The molecule has 1 unspecified atom stereocenters. The standard InChI is InChI=1S/C13H19N3O/c1-3-11-4-2-6-14-13(11)12(5-1)15-16-7-9-17-10-8-16/h2,4,6,12,15H,1,3,5,7-10H2. The number of hydrogen-bond acceptors (Lipinski definition) is 4. The minimum atomic E-state index is 0.387. The van der Waals surface area contributed by atoms with E-state index < -0.39 is 0 Å². The molecule has 92 valence electrons. The van der Waals surface area contributed by atoms with E-state index in [1.54, 1.807) is 0 Å². The zero-order valence-electron chi connectivity index (χ0n) is 10.1. The molecule has 1 N–H and O–H groups in total. The van der Waals surface area contributed by atoms with Crippen molar-refractivity contribution in [2.45, 2.75) is 25.3 Å². The van der Waals surface area contributed by atoms with Gasteiger partial charge in [-0.3, -0.25) is 4.98 Å². The van der Waals surface area contributed by atoms with E-state index >= 15 is 0 Å². The Kier molecular flexibility index (Phi) is 3.36. The summed E-state index contributed by atoms with van der Waals surface area (Å²) in [7, 11) is 0. The molecule has 1 aliphatic heterocycles. The van der Waals surface area contributed by atoms with Gasteiger partial charge in [0.25, 0.3) is 0 Å². The molecular formula is C13H19N3O. The lowest BCUT2D eigenvalue weighted by molar-refractivity contribution is 0.00147. The summed E-state index contributed by atoms with van der Waals surface area (Å²) in [6.07, 6.45) is 5.50. The van der Waals surface area contributed by atoms with Gasteiger partial charge in [0.2, 0.25) is 0 Å². The predicted octanol–water partition coefficient (Wildman–Crippen LogP) is 1.30. The van der Waals surface area contributed by atoms with E-state index in [0.717, 1.165) is 26.3 Å². The minimum absolute atomic E-state index is 0.387. The number of ether oxygens (including phenoxy) is 1. The highest BCUT2D eigenvalue weighted by atomic mass is 16.5. The van der Waals surface area contributed by atoms with Crippen LogP contribution >= 0.6 is 0 Å². The average molecular weight is 233 g/mol. The molecule has 0 saturated carbocycles. The molecule has 0 radical (unpaired) electrons. The average Bonchev–Trinajstić information content (AvgIpc) is 2.40. The highest BCUT2D eigenvalue weighted by Gasteiger charge is 2.23. The Morgan fingerprint density at radius 1 is 1.35 bits per heavy atom. The van der Waals surface area contributed by atoms with Crippen LogP contribution in [0, 0.1) is 0 Å². The van der Waals surface area contributed by atoms with Crippen molar-refractivity contribution in [2.24, 2.45) is 0 Å². The lowest BCUT2D eigenvalue weighted by Crippen LogP contribution is -2.47. The highest BCUT2D eigenvalue weighted by Crippen LogP contribution is 2.27. The lowest BCUT2D eigenvalue weighted by Gasteiger charge is -2.33. The molecule has 2 heterocycles. The van der Waals surface area contributed by atoms with Crippen LogP contribution in [-0.4, -0.2) is 36.3 Å². The molecule has 1 aromatic heterocycles. The number of nitrogens with one attached hydrogen (secondary N) is 1. The predicted molar refractivity (Wildman–Crippen MR) is 65.4 cm³/mol.